The third-order valence-corrected chi connectivity index (χ3v) is 4.10. The second-order valence-electron chi connectivity index (χ2n) is 5.27. The van der Waals surface area contributed by atoms with Crippen LogP contribution in [0.5, 0.6) is 11.5 Å². The molecule has 1 heterocycles. The Morgan fingerprint density at radius 3 is 2.63 bits per heavy atom. The molecule has 0 unspecified atom stereocenters. The molecule has 0 saturated heterocycles. The highest BCUT2D eigenvalue weighted by atomic mass is 79.9. The van der Waals surface area contributed by atoms with Gasteiger partial charge in [0.15, 0.2) is 13.2 Å². The van der Waals surface area contributed by atoms with E-state index in [1.165, 1.54) is 31.4 Å². The van der Waals surface area contributed by atoms with E-state index in [1.807, 2.05) is 0 Å². The van der Waals surface area contributed by atoms with Crippen molar-refractivity contribution in [2.45, 2.75) is 13.2 Å². The molecule has 0 atom stereocenters. The van der Waals surface area contributed by atoms with Crippen LogP contribution in [0.3, 0.4) is 0 Å². The van der Waals surface area contributed by atoms with Crippen LogP contribution in [0.15, 0.2) is 51.5 Å². The fourth-order valence-corrected chi connectivity index (χ4v) is 2.49. The molecule has 3 rings (SSSR count). The van der Waals surface area contributed by atoms with Crippen LogP contribution in [-0.4, -0.2) is 23.2 Å². The van der Waals surface area contributed by atoms with Crippen molar-refractivity contribution in [3.05, 3.63) is 70.0 Å². The lowest BCUT2D eigenvalue weighted by atomic mass is 10.2. The molecule has 0 amide bonds. The normalized spacial score (nSPS) is 10.5. The van der Waals surface area contributed by atoms with Crippen LogP contribution in [0.4, 0.5) is 4.39 Å². The molecule has 0 radical (unpaired) electrons. The average Bonchev–Trinajstić information content (AvgIpc) is 3.14. The number of benzene rings is 2. The van der Waals surface area contributed by atoms with Crippen LogP contribution < -0.4 is 9.47 Å². The van der Waals surface area contributed by atoms with Gasteiger partial charge in [0.25, 0.3) is 5.89 Å². The van der Waals surface area contributed by atoms with Gasteiger partial charge in [-0.15, -0.1) is 0 Å². The van der Waals surface area contributed by atoms with E-state index < -0.39 is 5.97 Å². The minimum Gasteiger partial charge on any atom is -0.497 e. The summed E-state index contributed by atoms with van der Waals surface area (Å²) in [5, 5.41) is 3.74. The molecule has 0 N–H and O–H groups in total. The zero-order valence-electron chi connectivity index (χ0n) is 14.1. The van der Waals surface area contributed by atoms with Crippen molar-refractivity contribution in [2.75, 3.05) is 7.11 Å². The summed E-state index contributed by atoms with van der Waals surface area (Å²) in [4.78, 5) is 16.3. The van der Waals surface area contributed by atoms with E-state index >= 15 is 0 Å². The molecule has 7 nitrogen and oxygen atoms in total. The number of nitrogens with zero attached hydrogens (tertiary/aromatic N) is 2. The van der Waals surface area contributed by atoms with Crippen LogP contribution in [0, 0.1) is 5.82 Å². The number of aromatic nitrogens is 2. The lowest BCUT2D eigenvalue weighted by molar-refractivity contribution is 0.0428. The quantitative estimate of drug-likeness (QED) is 0.519. The van der Waals surface area contributed by atoms with Gasteiger partial charge in [-0.05, 0) is 58.4 Å². The van der Waals surface area contributed by atoms with Gasteiger partial charge in [0.1, 0.15) is 17.3 Å². The molecule has 0 saturated carbocycles. The van der Waals surface area contributed by atoms with E-state index in [4.69, 9.17) is 18.7 Å². The summed E-state index contributed by atoms with van der Waals surface area (Å²) in [6.45, 7) is -0.156. The molecule has 1 aromatic heterocycles. The fraction of sp³-hybridized carbons (Fsp3) is 0.167. The number of methoxy groups -OCH3 is 1. The largest absolute Gasteiger partial charge is 0.497 e. The lowest BCUT2D eigenvalue weighted by Crippen LogP contribution is -2.07. The first-order valence-corrected chi connectivity index (χ1v) is 8.55. The Morgan fingerprint density at radius 2 is 1.89 bits per heavy atom. The van der Waals surface area contributed by atoms with E-state index in [9.17, 15) is 9.18 Å². The van der Waals surface area contributed by atoms with E-state index in [-0.39, 0.29) is 30.7 Å². The van der Waals surface area contributed by atoms with E-state index in [0.29, 0.717) is 21.5 Å². The predicted octanol–water partition coefficient (Wildman–Crippen LogP) is 3.92. The molecule has 0 aliphatic rings. The SMILES string of the molecule is COc1ccc(Br)c(C(=O)OCc2nc(COc3ccc(F)cc3)no2)c1. The second kappa shape index (κ2) is 8.63. The third-order valence-electron chi connectivity index (χ3n) is 3.41. The Bertz CT molecular complexity index is 930. The maximum absolute atomic E-state index is 12.8. The molecule has 0 fully saturated rings. The maximum Gasteiger partial charge on any atom is 0.339 e. The second-order valence-corrected chi connectivity index (χ2v) is 6.12. The van der Waals surface area contributed by atoms with E-state index in [0.717, 1.165) is 0 Å². The monoisotopic (exact) mass is 436 g/mol. The van der Waals surface area contributed by atoms with E-state index in [1.54, 1.807) is 18.2 Å². The Labute approximate surface area is 162 Å². The number of esters is 1. The van der Waals surface area contributed by atoms with Crippen LogP contribution in [0.2, 0.25) is 0 Å². The van der Waals surface area contributed by atoms with Gasteiger partial charge in [-0.2, -0.15) is 4.98 Å². The summed E-state index contributed by atoms with van der Waals surface area (Å²) < 4.78 is 34.1. The van der Waals surface area contributed by atoms with Crippen molar-refractivity contribution in [2.24, 2.45) is 0 Å². The summed E-state index contributed by atoms with van der Waals surface area (Å²) in [5.41, 5.74) is 0.314. The molecule has 3 aromatic rings. The van der Waals surface area contributed by atoms with Crippen molar-refractivity contribution in [1.29, 1.82) is 0 Å². The minimum atomic E-state index is -0.567. The maximum atomic E-state index is 12.8. The van der Waals surface area contributed by atoms with Gasteiger partial charge in [0.2, 0.25) is 5.82 Å². The number of rotatable bonds is 7. The highest BCUT2D eigenvalue weighted by Gasteiger charge is 2.15. The number of hydrogen-bond donors (Lipinski definition) is 0. The third kappa shape index (κ3) is 5.04. The number of halogens is 2. The Hall–Kier alpha value is -2.94. The number of ether oxygens (including phenoxy) is 3. The van der Waals surface area contributed by atoms with Crippen molar-refractivity contribution in [3.8, 4) is 11.5 Å². The lowest BCUT2D eigenvalue weighted by Gasteiger charge is -2.06. The molecule has 0 spiro atoms. The standard InChI is InChI=1S/C18H14BrFN2O5/c1-24-13-6-7-15(19)14(8-13)18(23)26-10-17-21-16(22-27-17)9-25-12-4-2-11(20)3-5-12/h2-8H,9-10H2,1H3. The highest BCUT2D eigenvalue weighted by molar-refractivity contribution is 9.10. The number of carbonyl (C=O) groups excluding carboxylic acids is 1. The van der Waals surface area contributed by atoms with Crippen molar-refractivity contribution in [1.82, 2.24) is 10.1 Å². The summed E-state index contributed by atoms with van der Waals surface area (Å²) in [5.74, 6) is 0.477. The van der Waals surface area contributed by atoms with Gasteiger partial charge >= 0.3 is 5.97 Å². The minimum absolute atomic E-state index is 0.0323. The average molecular weight is 437 g/mol. The van der Waals surface area contributed by atoms with Gasteiger partial charge in [0.05, 0.1) is 12.7 Å². The Kier molecular flexibility index (Phi) is 6.02. The van der Waals surface area contributed by atoms with Gasteiger partial charge < -0.3 is 18.7 Å². The first-order valence-electron chi connectivity index (χ1n) is 7.75. The summed E-state index contributed by atoms with van der Waals surface area (Å²) in [7, 11) is 1.51. The first-order chi connectivity index (χ1) is 13.0. The molecular formula is C18H14BrFN2O5. The van der Waals surface area contributed by atoms with Crippen LogP contribution >= 0.6 is 15.9 Å². The molecule has 0 aliphatic heterocycles. The van der Waals surface area contributed by atoms with Gasteiger partial charge in [-0.3, -0.25) is 0 Å². The molecule has 0 aliphatic carbocycles. The fourth-order valence-electron chi connectivity index (χ4n) is 2.08. The van der Waals surface area contributed by atoms with Crippen LogP contribution in [0.25, 0.3) is 0 Å². The molecule has 140 valence electrons. The Morgan fingerprint density at radius 1 is 1.15 bits per heavy atom. The Balaban J connectivity index is 1.54. The molecular weight excluding hydrogens is 423 g/mol. The van der Waals surface area contributed by atoms with Crippen molar-refractivity contribution < 1.29 is 27.9 Å². The number of carbonyl (C=O) groups is 1. The van der Waals surface area contributed by atoms with Crippen LogP contribution in [-0.2, 0) is 18.0 Å². The summed E-state index contributed by atoms with van der Waals surface area (Å²) >= 11 is 3.29. The molecule has 0 bridgehead atoms. The summed E-state index contributed by atoms with van der Waals surface area (Å²) in [6, 6.07) is 10.5. The van der Waals surface area contributed by atoms with Gasteiger partial charge in [-0.25, -0.2) is 9.18 Å². The van der Waals surface area contributed by atoms with Gasteiger partial charge in [-0.1, -0.05) is 5.16 Å². The van der Waals surface area contributed by atoms with Crippen molar-refractivity contribution in [3.63, 3.8) is 0 Å². The predicted molar refractivity (Wildman–Crippen MR) is 94.8 cm³/mol. The first kappa shape index (κ1) is 18.8. The molecule has 2 aromatic carbocycles. The zero-order valence-corrected chi connectivity index (χ0v) is 15.7. The smallest absolute Gasteiger partial charge is 0.339 e. The highest BCUT2D eigenvalue weighted by Crippen LogP contribution is 2.23. The van der Waals surface area contributed by atoms with Crippen molar-refractivity contribution >= 4 is 21.9 Å². The summed E-state index contributed by atoms with van der Waals surface area (Å²) in [6.07, 6.45) is 0. The number of hydrogen-bond acceptors (Lipinski definition) is 7. The topological polar surface area (TPSA) is 83.7 Å². The van der Waals surface area contributed by atoms with Gasteiger partial charge in [0, 0.05) is 4.47 Å². The zero-order chi connectivity index (χ0) is 19.2. The van der Waals surface area contributed by atoms with E-state index in [2.05, 4.69) is 26.1 Å². The molecule has 9 heteroatoms. The van der Waals surface area contributed by atoms with Crippen LogP contribution in [0.1, 0.15) is 22.1 Å². The molecule has 27 heavy (non-hydrogen) atoms.